The predicted molar refractivity (Wildman–Crippen MR) is 86.0 cm³/mol. The number of fused-ring (bicyclic) bond motifs is 2. The first-order valence-corrected chi connectivity index (χ1v) is 9.51. The van der Waals surface area contributed by atoms with Gasteiger partial charge in [-0.1, -0.05) is 13.8 Å². The van der Waals surface area contributed by atoms with Crippen LogP contribution in [0.25, 0.3) is 0 Å². The summed E-state index contributed by atoms with van der Waals surface area (Å²) in [5.74, 6) is -1.08. The zero-order chi connectivity index (χ0) is 17.7. The highest BCUT2D eigenvalue weighted by Crippen LogP contribution is 2.59. The summed E-state index contributed by atoms with van der Waals surface area (Å²) in [6.07, 6.45) is 3.76. The molecule has 6 heteroatoms. The highest BCUT2D eigenvalue weighted by molar-refractivity contribution is 5.96. The molecule has 2 saturated heterocycles. The molecule has 2 heterocycles. The molecule has 4 aliphatic rings. The molecule has 2 saturated carbocycles. The Morgan fingerprint density at radius 3 is 2.60 bits per heavy atom. The molecule has 2 bridgehead atoms. The van der Waals surface area contributed by atoms with Gasteiger partial charge in [0, 0.05) is 6.61 Å². The van der Waals surface area contributed by atoms with Crippen molar-refractivity contribution in [2.45, 2.75) is 45.6 Å². The van der Waals surface area contributed by atoms with Crippen LogP contribution in [0.15, 0.2) is 0 Å². The van der Waals surface area contributed by atoms with Crippen LogP contribution in [0.3, 0.4) is 0 Å². The third-order valence-electron chi connectivity index (χ3n) is 7.03. The van der Waals surface area contributed by atoms with Crippen LogP contribution in [0, 0.1) is 41.4 Å². The van der Waals surface area contributed by atoms with E-state index in [1.54, 1.807) is 6.92 Å². The number of rotatable bonds is 4. The molecule has 0 N–H and O–H groups in total. The molecule has 8 atom stereocenters. The zero-order valence-corrected chi connectivity index (χ0v) is 14.8. The zero-order valence-electron chi connectivity index (χ0n) is 14.8. The van der Waals surface area contributed by atoms with E-state index in [1.165, 1.54) is 0 Å². The van der Waals surface area contributed by atoms with Gasteiger partial charge in [-0.3, -0.25) is 14.4 Å². The van der Waals surface area contributed by atoms with Gasteiger partial charge in [-0.15, -0.1) is 0 Å². The molecule has 0 aromatic rings. The molecular weight excluding hydrogens is 324 g/mol. The van der Waals surface area contributed by atoms with Crippen molar-refractivity contribution in [2.24, 2.45) is 41.4 Å². The van der Waals surface area contributed by atoms with Crippen molar-refractivity contribution in [3.05, 3.63) is 0 Å². The van der Waals surface area contributed by atoms with Crippen molar-refractivity contribution >= 4 is 17.9 Å². The average molecular weight is 350 g/mol. The van der Waals surface area contributed by atoms with Gasteiger partial charge in [-0.05, 0) is 49.4 Å². The average Bonchev–Trinajstić information content (AvgIpc) is 3.33. The first-order chi connectivity index (χ1) is 12.0. The third-order valence-corrected chi connectivity index (χ3v) is 7.03. The Morgan fingerprint density at radius 1 is 1.20 bits per heavy atom. The summed E-state index contributed by atoms with van der Waals surface area (Å²) in [5.41, 5.74) is 0. The Balaban J connectivity index is 1.44. The van der Waals surface area contributed by atoms with Crippen molar-refractivity contribution in [3.63, 3.8) is 0 Å². The van der Waals surface area contributed by atoms with Crippen LogP contribution in [0.2, 0.25) is 0 Å². The van der Waals surface area contributed by atoms with Crippen LogP contribution in [0.4, 0.5) is 0 Å². The SMILES string of the molecule is CC1C(=O)OC(=O)C1C1C(C)C2CC(C(=O)OCC3CCCO3)C1C2. The molecular formula is C19H26O6. The maximum atomic E-state index is 12.6. The predicted octanol–water partition coefficient (Wildman–Crippen LogP) is 1.95. The van der Waals surface area contributed by atoms with E-state index in [-0.39, 0.29) is 29.8 Å². The molecule has 4 rings (SSSR count). The normalized spacial score (nSPS) is 45.8. The quantitative estimate of drug-likeness (QED) is 0.570. The maximum absolute atomic E-state index is 12.6. The highest BCUT2D eigenvalue weighted by Gasteiger charge is 2.60. The fourth-order valence-electron chi connectivity index (χ4n) is 5.69. The van der Waals surface area contributed by atoms with Gasteiger partial charge in [0.25, 0.3) is 0 Å². The van der Waals surface area contributed by atoms with Crippen LogP contribution < -0.4 is 0 Å². The van der Waals surface area contributed by atoms with Crippen molar-refractivity contribution in [3.8, 4) is 0 Å². The molecule has 0 aromatic carbocycles. The lowest BCUT2D eigenvalue weighted by molar-refractivity contribution is -0.158. The topological polar surface area (TPSA) is 78.9 Å². The minimum absolute atomic E-state index is 0.0275. The van der Waals surface area contributed by atoms with Crippen LogP contribution in [-0.2, 0) is 28.6 Å². The van der Waals surface area contributed by atoms with E-state index in [2.05, 4.69) is 6.92 Å². The molecule has 0 amide bonds. The summed E-state index contributed by atoms with van der Waals surface area (Å²) in [6.45, 7) is 4.98. The number of ether oxygens (including phenoxy) is 3. The van der Waals surface area contributed by atoms with Crippen molar-refractivity contribution in [1.82, 2.24) is 0 Å². The largest absolute Gasteiger partial charge is 0.463 e. The van der Waals surface area contributed by atoms with Gasteiger partial charge in [-0.25, -0.2) is 0 Å². The van der Waals surface area contributed by atoms with Crippen LogP contribution in [0.5, 0.6) is 0 Å². The van der Waals surface area contributed by atoms with Crippen LogP contribution in [-0.4, -0.2) is 37.2 Å². The summed E-state index contributed by atoms with van der Waals surface area (Å²) >= 11 is 0. The number of carbonyl (C=O) groups excluding carboxylic acids is 3. The second kappa shape index (κ2) is 6.38. The van der Waals surface area contributed by atoms with E-state index in [9.17, 15) is 14.4 Å². The lowest BCUT2D eigenvalue weighted by Crippen LogP contribution is -2.40. The third kappa shape index (κ3) is 2.78. The number of hydrogen-bond acceptors (Lipinski definition) is 6. The van der Waals surface area contributed by atoms with Crippen molar-refractivity contribution < 1.29 is 28.6 Å². The number of cyclic esters (lactones) is 2. The summed E-state index contributed by atoms with van der Waals surface area (Å²) < 4.78 is 15.9. The smallest absolute Gasteiger partial charge is 0.317 e. The minimum Gasteiger partial charge on any atom is -0.463 e. The number of esters is 3. The summed E-state index contributed by atoms with van der Waals surface area (Å²) in [5, 5.41) is 0. The molecule has 8 unspecified atom stereocenters. The molecule has 2 aliphatic heterocycles. The van der Waals surface area contributed by atoms with Gasteiger partial charge < -0.3 is 14.2 Å². The molecule has 0 radical (unpaired) electrons. The lowest BCUT2D eigenvalue weighted by atomic mass is 9.66. The minimum atomic E-state index is -0.428. The van der Waals surface area contributed by atoms with Crippen LogP contribution in [0.1, 0.15) is 39.5 Å². The first kappa shape index (κ1) is 17.0. The Bertz CT molecular complexity index is 580. The molecule has 0 spiro atoms. The molecule has 4 fully saturated rings. The summed E-state index contributed by atoms with van der Waals surface area (Å²) in [4.78, 5) is 36.6. The Kier molecular flexibility index (Phi) is 4.34. The van der Waals surface area contributed by atoms with E-state index in [0.29, 0.717) is 18.4 Å². The van der Waals surface area contributed by atoms with Gasteiger partial charge in [0.15, 0.2) is 0 Å². The fraction of sp³-hybridized carbons (Fsp3) is 0.842. The van der Waals surface area contributed by atoms with Crippen molar-refractivity contribution in [1.29, 1.82) is 0 Å². The van der Waals surface area contributed by atoms with Crippen molar-refractivity contribution in [2.75, 3.05) is 13.2 Å². The van der Waals surface area contributed by atoms with Gasteiger partial charge in [0.2, 0.25) is 0 Å². The fourth-order valence-corrected chi connectivity index (χ4v) is 5.69. The summed E-state index contributed by atoms with van der Waals surface area (Å²) in [7, 11) is 0. The van der Waals surface area contributed by atoms with Gasteiger partial charge in [0.05, 0.1) is 23.9 Å². The molecule has 25 heavy (non-hydrogen) atoms. The Hall–Kier alpha value is -1.43. The van der Waals surface area contributed by atoms with E-state index < -0.39 is 23.8 Å². The molecule has 6 nitrogen and oxygen atoms in total. The monoisotopic (exact) mass is 350 g/mol. The number of carbonyl (C=O) groups is 3. The van der Waals surface area contributed by atoms with E-state index >= 15 is 0 Å². The Labute approximate surface area is 147 Å². The highest BCUT2D eigenvalue weighted by atomic mass is 16.6. The van der Waals surface area contributed by atoms with E-state index in [1.807, 2.05) is 0 Å². The van der Waals surface area contributed by atoms with Gasteiger partial charge >= 0.3 is 17.9 Å². The molecule has 2 aliphatic carbocycles. The summed E-state index contributed by atoms with van der Waals surface area (Å²) in [6, 6.07) is 0. The molecule has 138 valence electrons. The van der Waals surface area contributed by atoms with Gasteiger partial charge in [0.1, 0.15) is 6.61 Å². The maximum Gasteiger partial charge on any atom is 0.317 e. The lowest BCUT2D eigenvalue weighted by Gasteiger charge is -2.36. The second-order valence-corrected chi connectivity index (χ2v) is 8.26. The van der Waals surface area contributed by atoms with E-state index in [0.717, 1.165) is 32.3 Å². The Morgan fingerprint density at radius 2 is 2.00 bits per heavy atom. The van der Waals surface area contributed by atoms with Crippen LogP contribution >= 0.6 is 0 Å². The van der Waals surface area contributed by atoms with E-state index in [4.69, 9.17) is 14.2 Å². The second-order valence-electron chi connectivity index (χ2n) is 8.26. The number of hydrogen-bond donors (Lipinski definition) is 0. The standard InChI is InChI=1S/C19H26O6/c1-9-11-6-13(15(9)16-10(2)17(20)25-19(16)22)14(7-11)18(21)24-8-12-4-3-5-23-12/h9-16H,3-8H2,1-2H3. The first-order valence-electron chi connectivity index (χ1n) is 9.51. The van der Waals surface area contributed by atoms with Gasteiger partial charge in [-0.2, -0.15) is 0 Å². The molecule has 0 aromatic heterocycles.